The van der Waals surface area contributed by atoms with E-state index >= 15 is 0 Å². The van der Waals surface area contributed by atoms with Gasteiger partial charge in [0.15, 0.2) is 0 Å². The van der Waals surface area contributed by atoms with Gasteiger partial charge in [0.25, 0.3) is 11.5 Å². The highest BCUT2D eigenvalue weighted by atomic mass is 16.2. The molecule has 0 fully saturated rings. The van der Waals surface area contributed by atoms with Crippen LogP contribution in [0, 0.1) is 0 Å². The number of rotatable bonds is 3. The smallest absolute Gasteiger partial charge is 0.276 e. The van der Waals surface area contributed by atoms with Gasteiger partial charge in [0.1, 0.15) is 12.9 Å². The summed E-state index contributed by atoms with van der Waals surface area (Å²) in [5, 5.41) is 3.86. The molecule has 0 aliphatic rings. The summed E-state index contributed by atoms with van der Waals surface area (Å²) in [7, 11) is 0. The van der Waals surface area contributed by atoms with Gasteiger partial charge in [-0.2, -0.15) is 14.6 Å². The van der Waals surface area contributed by atoms with E-state index in [4.69, 9.17) is 5.84 Å². The molecule has 2 aromatic heterocycles. The maximum Gasteiger partial charge on any atom is 0.276 e. The fourth-order valence-corrected chi connectivity index (χ4v) is 2.13. The van der Waals surface area contributed by atoms with Gasteiger partial charge >= 0.3 is 0 Å². The van der Waals surface area contributed by atoms with E-state index in [9.17, 15) is 9.59 Å². The van der Waals surface area contributed by atoms with Crippen molar-refractivity contribution in [2.75, 3.05) is 0 Å². The molecule has 0 radical (unpaired) electrons. The Labute approximate surface area is 118 Å². The molecule has 0 atom stereocenters. The summed E-state index contributed by atoms with van der Waals surface area (Å²) in [4.78, 5) is 27.7. The van der Waals surface area contributed by atoms with Crippen molar-refractivity contribution < 1.29 is 4.79 Å². The van der Waals surface area contributed by atoms with Gasteiger partial charge in [-0.05, 0) is 5.56 Å². The molecule has 0 saturated heterocycles. The molecule has 0 bridgehead atoms. The van der Waals surface area contributed by atoms with E-state index < -0.39 is 5.91 Å². The number of nitrogens with one attached hydrogen (secondary N) is 1. The lowest BCUT2D eigenvalue weighted by Crippen LogP contribution is -2.34. The summed E-state index contributed by atoms with van der Waals surface area (Å²) in [5.74, 6) is 5.02. The zero-order chi connectivity index (χ0) is 14.8. The molecular formula is C13H12N6O2. The molecule has 3 N–H and O–H groups in total. The van der Waals surface area contributed by atoms with Crippen LogP contribution in [-0.4, -0.2) is 25.1 Å². The molecule has 1 aromatic carbocycles. The van der Waals surface area contributed by atoms with E-state index in [2.05, 4.69) is 15.5 Å². The van der Waals surface area contributed by atoms with E-state index in [1.54, 1.807) is 4.57 Å². The van der Waals surface area contributed by atoms with Crippen molar-refractivity contribution in [3.63, 3.8) is 0 Å². The number of benzene rings is 1. The average Bonchev–Trinajstić information content (AvgIpc) is 3.01. The van der Waals surface area contributed by atoms with Crippen molar-refractivity contribution in [3.8, 4) is 11.3 Å². The van der Waals surface area contributed by atoms with Crippen molar-refractivity contribution >= 4 is 11.7 Å². The van der Waals surface area contributed by atoms with Gasteiger partial charge in [0.05, 0.1) is 5.69 Å². The Morgan fingerprint density at radius 2 is 2.05 bits per heavy atom. The van der Waals surface area contributed by atoms with Crippen molar-refractivity contribution in [1.82, 2.24) is 24.6 Å². The Hall–Kier alpha value is -3.00. The van der Waals surface area contributed by atoms with Crippen LogP contribution in [-0.2, 0) is 11.3 Å². The lowest BCUT2D eigenvalue weighted by atomic mass is 10.1. The third-order valence-corrected chi connectivity index (χ3v) is 3.06. The number of aromatic nitrogens is 4. The largest absolute Gasteiger partial charge is 0.300 e. The van der Waals surface area contributed by atoms with Crippen LogP contribution in [0.1, 0.15) is 0 Å². The van der Waals surface area contributed by atoms with Gasteiger partial charge in [-0.3, -0.25) is 15.0 Å². The van der Waals surface area contributed by atoms with Crippen LogP contribution in [0.5, 0.6) is 0 Å². The third kappa shape index (κ3) is 2.28. The minimum atomic E-state index is -0.402. The molecule has 2 heterocycles. The molecular weight excluding hydrogens is 272 g/mol. The first kappa shape index (κ1) is 13.0. The van der Waals surface area contributed by atoms with Gasteiger partial charge in [0, 0.05) is 6.07 Å². The second-order valence-electron chi connectivity index (χ2n) is 4.36. The fourth-order valence-electron chi connectivity index (χ4n) is 2.13. The quantitative estimate of drug-likeness (QED) is 0.385. The van der Waals surface area contributed by atoms with Crippen LogP contribution in [0.3, 0.4) is 0 Å². The highest BCUT2D eigenvalue weighted by Gasteiger charge is 2.14. The van der Waals surface area contributed by atoms with Crippen LogP contribution in [0.2, 0.25) is 0 Å². The summed E-state index contributed by atoms with van der Waals surface area (Å²) < 4.78 is 2.72. The van der Waals surface area contributed by atoms with Gasteiger partial charge in [-0.15, -0.1) is 0 Å². The lowest BCUT2D eigenvalue weighted by molar-refractivity contribution is -0.121. The Morgan fingerprint density at radius 3 is 2.76 bits per heavy atom. The Balaban J connectivity index is 2.29. The minimum absolute atomic E-state index is 0.0663. The summed E-state index contributed by atoms with van der Waals surface area (Å²) in [6.07, 6.45) is 1.27. The van der Waals surface area contributed by atoms with Gasteiger partial charge < -0.3 is 4.57 Å². The molecule has 0 aliphatic carbocycles. The summed E-state index contributed by atoms with van der Waals surface area (Å²) in [5.41, 5.74) is 3.12. The molecule has 8 nitrogen and oxygen atoms in total. The first-order valence-corrected chi connectivity index (χ1v) is 6.19. The average molecular weight is 284 g/mol. The highest BCUT2D eigenvalue weighted by Crippen LogP contribution is 2.18. The Kier molecular flexibility index (Phi) is 3.20. The monoisotopic (exact) mass is 284 g/mol. The van der Waals surface area contributed by atoms with E-state index in [1.165, 1.54) is 12.4 Å². The van der Waals surface area contributed by atoms with Crippen LogP contribution in [0.15, 0.2) is 47.5 Å². The van der Waals surface area contributed by atoms with Gasteiger partial charge in [-0.25, -0.2) is 5.84 Å². The molecule has 106 valence electrons. The standard InChI is InChI=1S/C13H12N6O2/c14-17-11(20)7-18-10(9-4-2-1-3-5-9)6-12(21)19-13(18)15-8-16-19/h1-6,8H,7,14H2,(H,17,20). The van der Waals surface area contributed by atoms with E-state index in [-0.39, 0.29) is 17.9 Å². The number of hydrogen-bond acceptors (Lipinski definition) is 5. The number of carbonyl (C=O) groups is 1. The molecule has 0 aliphatic heterocycles. The lowest BCUT2D eigenvalue weighted by Gasteiger charge is -2.13. The molecule has 3 rings (SSSR count). The maximum absolute atomic E-state index is 12.1. The zero-order valence-corrected chi connectivity index (χ0v) is 10.9. The Morgan fingerprint density at radius 1 is 1.29 bits per heavy atom. The normalized spacial score (nSPS) is 10.7. The number of carbonyl (C=O) groups excluding carboxylic acids is 1. The predicted octanol–water partition coefficient (Wildman–Crippen LogP) is -0.452. The predicted molar refractivity (Wildman–Crippen MR) is 75.0 cm³/mol. The first-order valence-electron chi connectivity index (χ1n) is 6.19. The number of hydrazine groups is 1. The molecule has 21 heavy (non-hydrogen) atoms. The van der Waals surface area contributed by atoms with E-state index in [0.29, 0.717) is 5.69 Å². The summed E-state index contributed by atoms with van der Waals surface area (Å²) in [6, 6.07) is 10.7. The number of nitrogens with two attached hydrogens (primary N) is 1. The van der Waals surface area contributed by atoms with Gasteiger partial charge in [0.2, 0.25) is 5.78 Å². The summed E-state index contributed by atoms with van der Waals surface area (Å²) in [6.45, 7) is -0.0663. The SMILES string of the molecule is NNC(=O)Cn1c(-c2ccccc2)cc(=O)n2ncnc12. The second kappa shape index (κ2) is 5.17. The molecule has 0 saturated carbocycles. The van der Waals surface area contributed by atoms with Crippen molar-refractivity contribution in [3.05, 3.63) is 53.1 Å². The Bertz CT molecular complexity index is 852. The van der Waals surface area contributed by atoms with Crippen molar-refractivity contribution in [2.24, 2.45) is 5.84 Å². The first-order chi connectivity index (χ1) is 10.2. The number of fused-ring (bicyclic) bond motifs is 1. The second-order valence-corrected chi connectivity index (χ2v) is 4.36. The highest BCUT2D eigenvalue weighted by molar-refractivity contribution is 5.77. The van der Waals surface area contributed by atoms with Crippen molar-refractivity contribution in [2.45, 2.75) is 6.54 Å². The number of nitrogens with zero attached hydrogens (tertiary/aromatic N) is 4. The van der Waals surface area contributed by atoms with E-state index in [0.717, 1.165) is 10.1 Å². The molecule has 0 unspecified atom stereocenters. The van der Waals surface area contributed by atoms with Gasteiger partial charge in [-0.1, -0.05) is 30.3 Å². The van der Waals surface area contributed by atoms with E-state index in [1.807, 2.05) is 30.3 Å². The number of hydrogen-bond donors (Lipinski definition) is 2. The van der Waals surface area contributed by atoms with Crippen molar-refractivity contribution in [1.29, 1.82) is 0 Å². The molecule has 8 heteroatoms. The van der Waals surface area contributed by atoms with Crippen LogP contribution in [0.25, 0.3) is 17.0 Å². The number of amides is 1. The minimum Gasteiger partial charge on any atom is -0.300 e. The molecule has 3 aromatic rings. The topological polar surface area (TPSA) is 107 Å². The maximum atomic E-state index is 12.1. The summed E-state index contributed by atoms with van der Waals surface area (Å²) >= 11 is 0. The van der Waals surface area contributed by atoms with Crippen LogP contribution in [0.4, 0.5) is 0 Å². The molecule has 0 spiro atoms. The zero-order valence-electron chi connectivity index (χ0n) is 10.9. The van der Waals surface area contributed by atoms with Crippen LogP contribution >= 0.6 is 0 Å². The molecule has 1 amide bonds. The third-order valence-electron chi connectivity index (χ3n) is 3.06. The fraction of sp³-hybridized carbons (Fsp3) is 0.0769. The van der Waals surface area contributed by atoms with Crippen LogP contribution < -0.4 is 16.8 Å².